The molecule has 0 spiro atoms. The van der Waals surface area contributed by atoms with E-state index in [-0.39, 0.29) is 6.03 Å². The summed E-state index contributed by atoms with van der Waals surface area (Å²) >= 11 is 1.38. The van der Waals surface area contributed by atoms with Gasteiger partial charge in [0.1, 0.15) is 5.75 Å². The maximum atomic E-state index is 12.7. The zero-order valence-electron chi connectivity index (χ0n) is 15.0. The van der Waals surface area contributed by atoms with Crippen molar-refractivity contribution in [3.8, 4) is 17.0 Å². The number of thiazole rings is 1. The van der Waals surface area contributed by atoms with Crippen LogP contribution in [0.1, 0.15) is 5.56 Å². The fourth-order valence-corrected chi connectivity index (χ4v) is 3.18. The quantitative estimate of drug-likeness (QED) is 0.616. The van der Waals surface area contributed by atoms with Crippen LogP contribution in [-0.2, 0) is 6.54 Å². The van der Waals surface area contributed by atoms with Crippen LogP contribution in [0.15, 0.2) is 66.8 Å². The first-order valence-electron chi connectivity index (χ1n) is 8.35. The summed E-state index contributed by atoms with van der Waals surface area (Å²) in [6.07, 6.45) is 5.16. The molecule has 0 bridgehead atoms. The van der Waals surface area contributed by atoms with Gasteiger partial charge in [0.25, 0.3) is 0 Å². The van der Waals surface area contributed by atoms with Crippen LogP contribution >= 0.6 is 11.3 Å². The standard InChI is InChI=1S/C20H20N4O2S/c1-3-11-24(13-15-6-8-17(26-2)9-7-15)20(25)23-19-22-18(14-27-19)16-5-4-10-21-12-16/h3-10,12,14H,1,11,13H2,2H3,(H,22,23,25). The van der Waals surface area contributed by atoms with E-state index in [1.807, 2.05) is 41.8 Å². The lowest BCUT2D eigenvalue weighted by Gasteiger charge is -2.21. The number of rotatable bonds is 7. The van der Waals surface area contributed by atoms with E-state index in [4.69, 9.17) is 4.74 Å². The molecule has 6 nitrogen and oxygen atoms in total. The minimum absolute atomic E-state index is 0.224. The molecule has 1 N–H and O–H groups in total. The van der Waals surface area contributed by atoms with Crippen LogP contribution in [0.5, 0.6) is 5.75 Å². The Kier molecular flexibility index (Phi) is 6.17. The van der Waals surface area contributed by atoms with Crippen molar-refractivity contribution in [2.45, 2.75) is 6.54 Å². The van der Waals surface area contributed by atoms with Gasteiger partial charge in [-0.15, -0.1) is 17.9 Å². The Bertz CT molecular complexity index is 894. The van der Waals surface area contributed by atoms with Gasteiger partial charge in [-0.2, -0.15) is 0 Å². The van der Waals surface area contributed by atoms with E-state index in [1.54, 1.807) is 30.5 Å². The third-order valence-electron chi connectivity index (χ3n) is 3.84. The number of benzene rings is 1. The van der Waals surface area contributed by atoms with Gasteiger partial charge >= 0.3 is 6.03 Å². The van der Waals surface area contributed by atoms with Gasteiger partial charge in [0.15, 0.2) is 5.13 Å². The second-order valence-corrected chi connectivity index (χ2v) is 6.59. The van der Waals surface area contributed by atoms with Crippen molar-refractivity contribution in [3.63, 3.8) is 0 Å². The maximum Gasteiger partial charge on any atom is 0.324 e. The third-order valence-corrected chi connectivity index (χ3v) is 4.60. The highest BCUT2D eigenvalue weighted by atomic mass is 32.1. The van der Waals surface area contributed by atoms with Crippen LogP contribution in [0, 0.1) is 0 Å². The average molecular weight is 380 g/mol. The van der Waals surface area contributed by atoms with Gasteiger partial charge in [0.05, 0.1) is 12.8 Å². The predicted molar refractivity (Wildman–Crippen MR) is 108 cm³/mol. The molecule has 3 rings (SSSR count). The number of urea groups is 1. The summed E-state index contributed by atoms with van der Waals surface area (Å²) in [5.74, 6) is 0.782. The highest BCUT2D eigenvalue weighted by molar-refractivity contribution is 7.14. The molecule has 0 unspecified atom stereocenters. The van der Waals surface area contributed by atoms with E-state index in [0.717, 1.165) is 22.6 Å². The monoisotopic (exact) mass is 380 g/mol. The zero-order valence-corrected chi connectivity index (χ0v) is 15.8. The normalized spacial score (nSPS) is 10.3. The van der Waals surface area contributed by atoms with Gasteiger partial charge in [-0.3, -0.25) is 10.3 Å². The Morgan fingerprint density at radius 2 is 2.15 bits per heavy atom. The van der Waals surface area contributed by atoms with Crippen LogP contribution in [0.4, 0.5) is 9.93 Å². The molecule has 0 fully saturated rings. The molecule has 0 saturated carbocycles. The van der Waals surface area contributed by atoms with Gasteiger partial charge in [-0.25, -0.2) is 9.78 Å². The van der Waals surface area contributed by atoms with Crippen LogP contribution < -0.4 is 10.1 Å². The molecule has 0 atom stereocenters. The van der Waals surface area contributed by atoms with Crippen molar-refractivity contribution in [2.24, 2.45) is 0 Å². The number of hydrogen-bond donors (Lipinski definition) is 1. The lowest BCUT2D eigenvalue weighted by Crippen LogP contribution is -2.34. The average Bonchev–Trinajstić information content (AvgIpc) is 3.17. The van der Waals surface area contributed by atoms with Crippen LogP contribution in [0.25, 0.3) is 11.3 Å². The molecule has 1 aromatic carbocycles. The fraction of sp³-hybridized carbons (Fsp3) is 0.150. The number of nitrogens with one attached hydrogen (secondary N) is 1. The van der Waals surface area contributed by atoms with Crippen molar-refractivity contribution in [1.82, 2.24) is 14.9 Å². The Morgan fingerprint density at radius 3 is 2.81 bits per heavy atom. The molecule has 0 aliphatic heterocycles. The van der Waals surface area contributed by atoms with Crippen LogP contribution in [-0.4, -0.2) is 34.6 Å². The molecule has 138 valence electrons. The van der Waals surface area contributed by atoms with Crippen LogP contribution in [0.3, 0.4) is 0 Å². The lowest BCUT2D eigenvalue weighted by molar-refractivity contribution is 0.215. The van der Waals surface area contributed by atoms with E-state index in [1.165, 1.54) is 11.3 Å². The second kappa shape index (κ2) is 8.95. The highest BCUT2D eigenvalue weighted by Crippen LogP contribution is 2.24. The zero-order chi connectivity index (χ0) is 19.1. The molecule has 0 aliphatic carbocycles. The Balaban J connectivity index is 1.68. The number of methoxy groups -OCH3 is 1. The summed E-state index contributed by atoms with van der Waals surface area (Å²) < 4.78 is 5.17. The topological polar surface area (TPSA) is 67.3 Å². The molecule has 3 aromatic rings. The Hall–Kier alpha value is -3.19. The largest absolute Gasteiger partial charge is 0.497 e. The summed E-state index contributed by atoms with van der Waals surface area (Å²) in [6, 6.07) is 11.2. The first-order chi connectivity index (χ1) is 13.2. The fourth-order valence-electron chi connectivity index (χ4n) is 2.47. The minimum Gasteiger partial charge on any atom is -0.497 e. The summed E-state index contributed by atoms with van der Waals surface area (Å²) in [5, 5.41) is 5.30. The summed E-state index contributed by atoms with van der Waals surface area (Å²) in [7, 11) is 1.63. The predicted octanol–water partition coefficient (Wildman–Crippen LogP) is 4.43. The van der Waals surface area contributed by atoms with Crippen molar-refractivity contribution < 1.29 is 9.53 Å². The van der Waals surface area contributed by atoms with Gasteiger partial charge in [0.2, 0.25) is 0 Å². The molecule has 2 amide bonds. The number of carbonyl (C=O) groups excluding carboxylic acids is 1. The second-order valence-electron chi connectivity index (χ2n) is 5.73. The van der Waals surface area contributed by atoms with Crippen molar-refractivity contribution in [1.29, 1.82) is 0 Å². The molecule has 0 aliphatic rings. The van der Waals surface area contributed by atoms with Gasteiger partial charge in [-0.1, -0.05) is 18.2 Å². The highest BCUT2D eigenvalue weighted by Gasteiger charge is 2.15. The molecule has 27 heavy (non-hydrogen) atoms. The number of anilines is 1. The van der Waals surface area contributed by atoms with Gasteiger partial charge < -0.3 is 9.64 Å². The number of pyridine rings is 1. The first-order valence-corrected chi connectivity index (χ1v) is 9.23. The molecule has 0 saturated heterocycles. The summed E-state index contributed by atoms with van der Waals surface area (Å²) in [6.45, 7) is 4.63. The smallest absolute Gasteiger partial charge is 0.324 e. The van der Waals surface area contributed by atoms with E-state index in [9.17, 15) is 4.79 Å². The SMILES string of the molecule is C=CCN(Cc1ccc(OC)cc1)C(=O)Nc1nc(-c2cccnc2)cs1. The third kappa shape index (κ3) is 4.92. The van der Waals surface area contributed by atoms with Crippen LogP contribution in [0.2, 0.25) is 0 Å². The van der Waals surface area contributed by atoms with Crippen molar-refractivity contribution in [3.05, 3.63) is 72.4 Å². The molecular weight excluding hydrogens is 360 g/mol. The van der Waals surface area contributed by atoms with Crippen molar-refractivity contribution >= 4 is 22.5 Å². The number of hydrogen-bond acceptors (Lipinski definition) is 5. The number of ether oxygens (including phenoxy) is 1. The number of aromatic nitrogens is 2. The maximum absolute atomic E-state index is 12.7. The van der Waals surface area contributed by atoms with Gasteiger partial charge in [0, 0.05) is 36.4 Å². The molecule has 2 heterocycles. The lowest BCUT2D eigenvalue weighted by atomic mass is 10.2. The number of carbonyl (C=O) groups is 1. The molecular formula is C20H20N4O2S. The van der Waals surface area contributed by atoms with Crippen molar-refractivity contribution in [2.75, 3.05) is 19.0 Å². The van der Waals surface area contributed by atoms with Gasteiger partial charge in [-0.05, 0) is 29.8 Å². The van der Waals surface area contributed by atoms with E-state index >= 15 is 0 Å². The number of amides is 2. The molecule has 7 heteroatoms. The Labute approximate surface area is 162 Å². The minimum atomic E-state index is -0.224. The van der Waals surface area contributed by atoms with E-state index in [0.29, 0.717) is 18.2 Å². The van der Waals surface area contributed by atoms with E-state index < -0.39 is 0 Å². The summed E-state index contributed by atoms with van der Waals surface area (Å²) in [4.78, 5) is 22.9. The Morgan fingerprint density at radius 1 is 1.33 bits per heavy atom. The number of nitrogens with zero attached hydrogens (tertiary/aromatic N) is 3. The van der Waals surface area contributed by atoms with E-state index in [2.05, 4.69) is 21.9 Å². The molecule has 2 aromatic heterocycles. The first kappa shape index (κ1) is 18.6. The molecule has 0 radical (unpaired) electrons. The summed E-state index contributed by atoms with van der Waals surface area (Å²) in [5.41, 5.74) is 2.70.